The zero-order valence-electron chi connectivity index (χ0n) is 10.8. The normalized spacial score (nSPS) is 26.8. The molecule has 1 fully saturated rings. The predicted molar refractivity (Wildman–Crippen MR) is 69.0 cm³/mol. The lowest BCUT2D eigenvalue weighted by molar-refractivity contribution is -0.126. The Labute approximate surface area is 108 Å². The van der Waals surface area contributed by atoms with Crippen molar-refractivity contribution in [1.82, 2.24) is 5.32 Å². The lowest BCUT2D eigenvalue weighted by Crippen LogP contribution is -2.40. The quantitative estimate of drug-likeness (QED) is 0.741. The highest BCUT2D eigenvalue weighted by Gasteiger charge is 2.24. The number of carbonyl (C=O) groups excluding carboxylic acids is 1. The standard InChI is InChI=1S/C14H23NO3/c16-13(11-6-8-18-9-7-11)10-15-14(17)12-4-2-1-3-5-12/h1-2,11-13,16H,3-10H2,(H,15,17)/t12-,13-/m0/s1. The van der Waals surface area contributed by atoms with E-state index in [1.165, 1.54) is 0 Å². The van der Waals surface area contributed by atoms with Gasteiger partial charge in [0.25, 0.3) is 0 Å². The first-order chi connectivity index (χ1) is 8.77. The molecule has 0 unspecified atom stereocenters. The summed E-state index contributed by atoms with van der Waals surface area (Å²) in [6, 6.07) is 0. The summed E-state index contributed by atoms with van der Waals surface area (Å²) in [7, 11) is 0. The minimum absolute atomic E-state index is 0.0884. The fourth-order valence-corrected chi connectivity index (χ4v) is 2.65. The molecule has 1 saturated heterocycles. The molecule has 2 atom stereocenters. The van der Waals surface area contributed by atoms with Crippen LogP contribution in [0, 0.1) is 11.8 Å². The van der Waals surface area contributed by atoms with Crippen LogP contribution in [-0.4, -0.2) is 36.9 Å². The molecule has 0 aromatic heterocycles. The van der Waals surface area contributed by atoms with E-state index < -0.39 is 6.10 Å². The van der Waals surface area contributed by atoms with Gasteiger partial charge in [0.2, 0.25) is 5.91 Å². The first-order valence-corrected chi connectivity index (χ1v) is 6.96. The van der Waals surface area contributed by atoms with E-state index in [-0.39, 0.29) is 17.7 Å². The molecular weight excluding hydrogens is 230 g/mol. The van der Waals surface area contributed by atoms with Gasteiger partial charge in [0.15, 0.2) is 0 Å². The van der Waals surface area contributed by atoms with Crippen LogP contribution in [0.5, 0.6) is 0 Å². The summed E-state index contributed by atoms with van der Waals surface area (Å²) < 4.78 is 5.26. The molecule has 0 bridgehead atoms. The number of nitrogens with one attached hydrogen (secondary N) is 1. The maximum Gasteiger partial charge on any atom is 0.223 e. The van der Waals surface area contributed by atoms with Crippen LogP contribution in [0.1, 0.15) is 32.1 Å². The van der Waals surface area contributed by atoms with Crippen LogP contribution in [0.2, 0.25) is 0 Å². The highest BCUT2D eigenvalue weighted by atomic mass is 16.5. The van der Waals surface area contributed by atoms with Crippen LogP contribution in [0.15, 0.2) is 12.2 Å². The van der Waals surface area contributed by atoms with Gasteiger partial charge in [-0.05, 0) is 38.0 Å². The van der Waals surface area contributed by atoms with Crippen LogP contribution in [0.3, 0.4) is 0 Å². The molecule has 0 aromatic carbocycles. The number of rotatable bonds is 4. The zero-order valence-corrected chi connectivity index (χ0v) is 10.8. The Morgan fingerprint density at radius 2 is 2.11 bits per heavy atom. The summed E-state index contributed by atoms with van der Waals surface area (Å²) in [6.07, 6.45) is 8.29. The molecule has 2 N–H and O–H groups in total. The monoisotopic (exact) mass is 253 g/mol. The Kier molecular flexibility index (Phi) is 5.20. The molecule has 0 saturated carbocycles. The Morgan fingerprint density at radius 3 is 2.78 bits per heavy atom. The molecule has 2 rings (SSSR count). The molecule has 1 amide bonds. The maximum atomic E-state index is 11.9. The van der Waals surface area contributed by atoms with Crippen molar-refractivity contribution >= 4 is 5.91 Å². The van der Waals surface area contributed by atoms with Crippen LogP contribution >= 0.6 is 0 Å². The number of hydrogen-bond acceptors (Lipinski definition) is 3. The molecule has 0 aromatic rings. The molecule has 0 spiro atoms. The number of carbonyl (C=O) groups is 1. The van der Waals surface area contributed by atoms with Gasteiger partial charge in [-0.1, -0.05) is 12.2 Å². The summed E-state index contributed by atoms with van der Waals surface area (Å²) in [5.41, 5.74) is 0. The van der Waals surface area contributed by atoms with Gasteiger partial charge in [0.05, 0.1) is 6.10 Å². The van der Waals surface area contributed by atoms with Gasteiger partial charge in [0, 0.05) is 25.7 Å². The van der Waals surface area contributed by atoms with E-state index >= 15 is 0 Å². The van der Waals surface area contributed by atoms with E-state index in [0.717, 1.165) is 45.3 Å². The lowest BCUT2D eigenvalue weighted by Gasteiger charge is -2.27. The van der Waals surface area contributed by atoms with Crippen molar-refractivity contribution in [2.24, 2.45) is 11.8 Å². The second-order valence-electron chi connectivity index (χ2n) is 5.24. The molecule has 1 heterocycles. The van der Waals surface area contributed by atoms with E-state index in [9.17, 15) is 9.90 Å². The van der Waals surface area contributed by atoms with Gasteiger partial charge < -0.3 is 15.2 Å². The molecule has 0 radical (unpaired) electrons. The van der Waals surface area contributed by atoms with Crippen molar-refractivity contribution in [1.29, 1.82) is 0 Å². The van der Waals surface area contributed by atoms with Gasteiger partial charge >= 0.3 is 0 Å². The molecule has 2 aliphatic rings. The third-order valence-corrected chi connectivity index (χ3v) is 3.94. The minimum atomic E-state index is -0.433. The topological polar surface area (TPSA) is 58.6 Å². The van der Waals surface area contributed by atoms with Gasteiger partial charge in [-0.15, -0.1) is 0 Å². The number of ether oxygens (including phenoxy) is 1. The number of allylic oxidation sites excluding steroid dienone is 2. The number of aliphatic hydroxyl groups is 1. The summed E-state index contributed by atoms with van der Waals surface area (Å²) >= 11 is 0. The summed E-state index contributed by atoms with van der Waals surface area (Å²) in [4.78, 5) is 11.9. The second-order valence-corrected chi connectivity index (χ2v) is 5.24. The van der Waals surface area contributed by atoms with Crippen molar-refractivity contribution < 1.29 is 14.6 Å². The first-order valence-electron chi connectivity index (χ1n) is 6.96. The van der Waals surface area contributed by atoms with Crippen LogP contribution < -0.4 is 5.32 Å². The third kappa shape index (κ3) is 3.82. The number of amides is 1. The molecule has 102 valence electrons. The summed E-state index contributed by atoms with van der Waals surface area (Å²) in [5.74, 6) is 0.452. The van der Waals surface area contributed by atoms with Gasteiger partial charge in [-0.2, -0.15) is 0 Å². The maximum absolute atomic E-state index is 11.9. The SMILES string of the molecule is O=C(NC[C@H](O)C1CCOCC1)[C@H]1CC=CCC1. The minimum Gasteiger partial charge on any atom is -0.391 e. The fraction of sp³-hybridized carbons (Fsp3) is 0.786. The summed E-state index contributed by atoms with van der Waals surface area (Å²) in [5, 5.41) is 12.9. The fourth-order valence-electron chi connectivity index (χ4n) is 2.65. The van der Waals surface area contributed by atoms with Gasteiger partial charge in [0.1, 0.15) is 0 Å². The molecule has 1 aliphatic heterocycles. The van der Waals surface area contributed by atoms with Gasteiger partial charge in [-0.25, -0.2) is 0 Å². The van der Waals surface area contributed by atoms with E-state index in [4.69, 9.17) is 4.74 Å². The van der Waals surface area contributed by atoms with Crippen molar-refractivity contribution in [3.63, 3.8) is 0 Å². The second kappa shape index (κ2) is 6.90. The van der Waals surface area contributed by atoms with Crippen LogP contribution in [0.25, 0.3) is 0 Å². The Hall–Kier alpha value is -0.870. The molecular formula is C14H23NO3. The zero-order chi connectivity index (χ0) is 12.8. The Balaban J connectivity index is 1.69. The highest BCUT2D eigenvalue weighted by molar-refractivity contribution is 5.78. The molecule has 4 nitrogen and oxygen atoms in total. The lowest BCUT2D eigenvalue weighted by atomic mass is 9.92. The number of aliphatic hydroxyl groups excluding tert-OH is 1. The largest absolute Gasteiger partial charge is 0.391 e. The van der Waals surface area contributed by atoms with Crippen molar-refractivity contribution in [2.45, 2.75) is 38.2 Å². The van der Waals surface area contributed by atoms with E-state index in [2.05, 4.69) is 17.5 Å². The average molecular weight is 253 g/mol. The van der Waals surface area contributed by atoms with Crippen molar-refractivity contribution in [2.75, 3.05) is 19.8 Å². The van der Waals surface area contributed by atoms with Crippen LogP contribution in [0.4, 0.5) is 0 Å². The Bertz CT molecular complexity index is 297. The summed E-state index contributed by atoms with van der Waals surface area (Å²) in [6.45, 7) is 1.83. The van der Waals surface area contributed by atoms with Crippen LogP contribution in [-0.2, 0) is 9.53 Å². The molecule has 4 heteroatoms. The van der Waals surface area contributed by atoms with Crippen molar-refractivity contribution in [3.05, 3.63) is 12.2 Å². The molecule has 1 aliphatic carbocycles. The van der Waals surface area contributed by atoms with E-state index in [0.29, 0.717) is 6.54 Å². The van der Waals surface area contributed by atoms with E-state index in [1.54, 1.807) is 0 Å². The third-order valence-electron chi connectivity index (χ3n) is 3.94. The van der Waals surface area contributed by atoms with E-state index in [1.807, 2.05) is 0 Å². The smallest absolute Gasteiger partial charge is 0.223 e. The number of hydrogen-bond donors (Lipinski definition) is 2. The van der Waals surface area contributed by atoms with Gasteiger partial charge in [-0.3, -0.25) is 4.79 Å². The molecule has 18 heavy (non-hydrogen) atoms. The van der Waals surface area contributed by atoms with Crippen molar-refractivity contribution in [3.8, 4) is 0 Å². The first kappa shape index (κ1) is 13.6. The highest BCUT2D eigenvalue weighted by Crippen LogP contribution is 2.20. The Morgan fingerprint density at radius 1 is 1.33 bits per heavy atom. The predicted octanol–water partition coefficient (Wildman–Crippen LogP) is 1.25. The average Bonchev–Trinajstić information content (AvgIpc) is 2.46.